The zero-order chi connectivity index (χ0) is 20.8. The molecule has 3 aromatic heterocycles. The second kappa shape index (κ2) is 7.13. The summed E-state index contributed by atoms with van der Waals surface area (Å²) in [5.41, 5.74) is 1.60. The summed E-state index contributed by atoms with van der Waals surface area (Å²) in [5, 5.41) is 4.87. The predicted octanol–water partition coefficient (Wildman–Crippen LogP) is 2.62. The molecule has 0 aliphatic carbocycles. The van der Waals surface area contributed by atoms with Gasteiger partial charge in [0.1, 0.15) is 16.9 Å². The molecule has 154 valence electrons. The molecule has 1 aromatic carbocycles. The number of carbonyl (C=O) groups is 1. The number of nitrogens with zero attached hydrogens (tertiary/aromatic N) is 5. The number of fused-ring (bicyclic) bond motifs is 4. The van der Waals surface area contributed by atoms with Gasteiger partial charge in [-0.25, -0.2) is 9.78 Å². The van der Waals surface area contributed by atoms with E-state index in [-0.39, 0.29) is 11.7 Å². The van der Waals surface area contributed by atoms with Crippen LogP contribution in [-0.4, -0.2) is 50.4 Å². The number of ether oxygens (including phenoxy) is 2. The predicted molar refractivity (Wildman–Crippen MR) is 112 cm³/mol. The lowest BCUT2D eigenvalue weighted by Crippen LogP contribution is -2.36. The van der Waals surface area contributed by atoms with Crippen LogP contribution in [0.25, 0.3) is 21.7 Å². The molecule has 0 atom stereocenters. The van der Waals surface area contributed by atoms with Gasteiger partial charge in [-0.05, 0) is 43.2 Å². The van der Waals surface area contributed by atoms with E-state index in [1.165, 1.54) is 15.9 Å². The van der Waals surface area contributed by atoms with Crippen molar-refractivity contribution in [2.24, 2.45) is 0 Å². The van der Waals surface area contributed by atoms with Crippen LogP contribution in [0.4, 0.5) is 4.79 Å². The SMILES string of the molecule is CCOC(=O)N1CCc2c(sc3nc4n(-c5ccc(OC)cc5)cnn4c(=O)c23)C1. The normalized spacial score (nSPS) is 13.6. The second-order valence-electron chi connectivity index (χ2n) is 6.88. The van der Waals surface area contributed by atoms with Crippen LogP contribution in [0, 0.1) is 0 Å². The highest BCUT2D eigenvalue weighted by molar-refractivity contribution is 7.18. The summed E-state index contributed by atoms with van der Waals surface area (Å²) in [5.74, 6) is 1.19. The van der Waals surface area contributed by atoms with Crippen molar-refractivity contribution in [1.29, 1.82) is 0 Å². The lowest BCUT2D eigenvalue weighted by Gasteiger charge is -2.25. The van der Waals surface area contributed by atoms with E-state index in [4.69, 9.17) is 14.5 Å². The van der Waals surface area contributed by atoms with Crippen molar-refractivity contribution in [3.05, 3.63) is 51.4 Å². The van der Waals surface area contributed by atoms with Gasteiger partial charge in [-0.2, -0.15) is 9.61 Å². The van der Waals surface area contributed by atoms with E-state index in [1.807, 2.05) is 24.3 Å². The molecule has 4 aromatic rings. The summed E-state index contributed by atoms with van der Waals surface area (Å²) in [6, 6.07) is 7.45. The van der Waals surface area contributed by atoms with Gasteiger partial charge in [0.15, 0.2) is 0 Å². The maximum absolute atomic E-state index is 13.2. The van der Waals surface area contributed by atoms with Crippen molar-refractivity contribution in [2.75, 3.05) is 20.3 Å². The van der Waals surface area contributed by atoms with Crippen LogP contribution in [0.15, 0.2) is 35.4 Å². The van der Waals surface area contributed by atoms with E-state index in [1.54, 1.807) is 29.8 Å². The molecule has 0 unspecified atom stereocenters. The van der Waals surface area contributed by atoms with Gasteiger partial charge < -0.3 is 14.4 Å². The molecule has 4 heterocycles. The van der Waals surface area contributed by atoms with Crippen molar-refractivity contribution in [2.45, 2.75) is 19.9 Å². The molecule has 1 amide bonds. The van der Waals surface area contributed by atoms with Gasteiger partial charge >= 0.3 is 6.09 Å². The Labute approximate surface area is 175 Å². The quantitative estimate of drug-likeness (QED) is 0.501. The van der Waals surface area contributed by atoms with Crippen molar-refractivity contribution in [1.82, 2.24) is 24.1 Å². The zero-order valence-electron chi connectivity index (χ0n) is 16.5. The molecule has 10 heteroatoms. The number of hydrogen-bond acceptors (Lipinski definition) is 7. The van der Waals surface area contributed by atoms with Crippen LogP contribution in [0.5, 0.6) is 5.75 Å². The van der Waals surface area contributed by atoms with Crippen molar-refractivity contribution < 1.29 is 14.3 Å². The van der Waals surface area contributed by atoms with Gasteiger partial charge in [-0.1, -0.05) is 0 Å². The van der Waals surface area contributed by atoms with Gasteiger partial charge in [0, 0.05) is 11.4 Å². The van der Waals surface area contributed by atoms with Gasteiger partial charge in [-0.15, -0.1) is 11.3 Å². The summed E-state index contributed by atoms with van der Waals surface area (Å²) in [6.07, 6.45) is 1.85. The standard InChI is InChI=1S/C20H19N5O4S/c1-3-29-20(27)23-9-8-14-15(10-23)30-17-16(14)18(26)25-19(22-17)24(11-21-25)12-4-6-13(28-2)7-5-12/h4-7,11H,3,8-10H2,1-2H3. The first-order chi connectivity index (χ1) is 14.6. The smallest absolute Gasteiger partial charge is 0.410 e. The van der Waals surface area contributed by atoms with Crippen molar-refractivity contribution >= 4 is 33.4 Å². The lowest BCUT2D eigenvalue weighted by atomic mass is 10.1. The minimum atomic E-state index is -0.330. The van der Waals surface area contributed by atoms with E-state index in [0.29, 0.717) is 42.1 Å². The largest absolute Gasteiger partial charge is 0.497 e. The van der Waals surface area contributed by atoms with Crippen molar-refractivity contribution in [3.8, 4) is 11.4 Å². The molecule has 1 aliphatic rings. The lowest BCUT2D eigenvalue weighted by molar-refractivity contribution is 0.103. The Bertz CT molecular complexity index is 1320. The molecule has 0 N–H and O–H groups in total. The fourth-order valence-corrected chi connectivity index (χ4v) is 4.95. The molecule has 0 radical (unpaired) electrons. The molecule has 0 saturated heterocycles. The summed E-state index contributed by atoms with van der Waals surface area (Å²) in [7, 11) is 1.61. The number of benzene rings is 1. The van der Waals surface area contributed by atoms with Crippen LogP contribution >= 0.6 is 11.3 Å². The molecule has 30 heavy (non-hydrogen) atoms. The van der Waals surface area contributed by atoms with Gasteiger partial charge in [0.05, 0.1) is 31.3 Å². The fraction of sp³-hybridized carbons (Fsp3) is 0.300. The Hall–Kier alpha value is -3.40. The molecule has 0 spiro atoms. The van der Waals surface area contributed by atoms with Crippen LogP contribution in [-0.2, 0) is 17.7 Å². The number of carbonyl (C=O) groups excluding carboxylic acids is 1. The molecule has 9 nitrogen and oxygen atoms in total. The van der Waals surface area contributed by atoms with Gasteiger partial charge in [0.2, 0.25) is 5.78 Å². The molecular formula is C20H19N5O4S. The third-order valence-corrected chi connectivity index (χ3v) is 6.32. The molecule has 0 fully saturated rings. The minimum Gasteiger partial charge on any atom is -0.497 e. The number of hydrogen-bond donors (Lipinski definition) is 0. The average Bonchev–Trinajstić information content (AvgIpc) is 3.35. The van der Waals surface area contributed by atoms with E-state index in [0.717, 1.165) is 21.9 Å². The highest BCUT2D eigenvalue weighted by Crippen LogP contribution is 2.33. The maximum Gasteiger partial charge on any atom is 0.410 e. The Morgan fingerprint density at radius 1 is 1.27 bits per heavy atom. The summed E-state index contributed by atoms with van der Waals surface area (Å²) in [4.78, 5) is 33.3. The summed E-state index contributed by atoms with van der Waals surface area (Å²) < 4.78 is 13.4. The molecule has 0 bridgehead atoms. The van der Waals surface area contributed by atoms with Gasteiger partial charge in [-0.3, -0.25) is 9.36 Å². The monoisotopic (exact) mass is 425 g/mol. The summed E-state index contributed by atoms with van der Waals surface area (Å²) >= 11 is 1.45. The first-order valence-corrected chi connectivity index (χ1v) is 10.4. The first kappa shape index (κ1) is 18.6. The number of aromatic nitrogens is 4. The number of amides is 1. The fourth-order valence-electron chi connectivity index (χ4n) is 3.73. The Morgan fingerprint density at radius 2 is 2.07 bits per heavy atom. The van der Waals surface area contributed by atoms with Crippen LogP contribution in [0.3, 0.4) is 0 Å². The van der Waals surface area contributed by atoms with Crippen LogP contribution in [0.2, 0.25) is 0 Å². The van der Waals surface area contributed by atoms with E-state index in [2.05, 4.69) is 5.10 Å². The second-order valence-corrected chi connectivity index (χ2v) is 7.97. The van der Waals surface area contributed by atoms with Gasteiger partial charge in [0.25, 0.3) is 5.56 Å². The van der Waals surface area contributed by atoms with E-state index in [9.17, 15) is 9.59 Å². The van der Waals surface area contributed by atoms with Crippen LogP contribution in [0.1, 0.15) is 17.4 Å². The Kier molecular flexibility index (Phi) is 4.43. The number of methoxy groups -OCH3 is 1. The third kappa shape index (κ3) is 2.83. The first-order valence-electron chi connectivity index (χ1n) is 9.57. The molecule has 0 saturated carbocycles. The van der Waals surface area contributed by atoms with E-state index < -0.39 is 0 Å². The average molecular weight is 425 g/mol. The summed E-state index contributed by atoms with van der Waals surface area (Å²) in [6.45, 7) is 3.06. The Balaban J connectivity index is 1.61. The van der Waals surface area contributed by atoms with E-state index >= 15 is 0 Å². The maximum atomic E-state index is 13.2. The number of thiophene rings is 1. The molecular weight excluding hydrogens is 406 g/mol. The molecule has 1 aliphatic heterocycles. The zero-order valence-corrected chi connectivity index (χ0v) is 17.3. The topological polar surface area (TPSA) is 91.0 Å². The molecule has 5 rings (SSSR count). The highest BCUT2D eigenvalue weighted by atomic mass is 32.1. The Morgan fingerprint density at radius 3 is 2.80 bits per heavy atom. The third-order valence-electron chi connectivity index (χ3n) is 5.21. The highest BCUT2D eigenvalue weighted by Gasteiger charge is 2.27. The minimum absolute atomic E-state index is 0.190. The van der Waals surface area contributed by atoms with Crippen LogP contribution < -0.4 is 10.3 Å². The number of rotatable bonds is 3. The van der Waals surface area contributed by atoms with Crippen molar-refractivity contribution in [3.63, 3.8) is 0 Å².